The van der Waals surface area contributed by atoms with Crippen LogP contribution in [-0.4, -0.2) is 39.5 Å². The van der Waals surface area contributed by atoms with Gasteiger partial charge in [0.15, 0.2) is 0 Å². The molecule has 0 spiro atoms. The van der Waals surface area contributed by atoms with Crippen molar-refractivity contribution in [3.8, 4) is 0 Å². The van der Waals surface area contributed by atoms with E-state index in [4.69, 9.17) is 0 Å². The van der Waals surface area contributed by atoms with Crippen molar-refractivity contribution >= 4 is 15.9 Å². The first-order valence-electron chi connectivity index (χ1n) is 4.84. The molecule has 0 aliphatic rings. The van der Waals surface area contributed by atoms with Gasteiger partial charge in [-0.1, -0.05) is 29.8 Å². The molecule has 0 saturated carbocycles. The summed E-state index contributed by atoms with van der Waals surface area (Å²) >= 11 is 0. The number of sulfonamides is 1. The third kappa shape index (κ3) is 3.66. The maximum atomic E-state index is 11.2. The summed E-state index contributed by atoms with van der Waals surface area (Å²) in [5.74, 6) is 0.447. The van der Waals surface area contributed by atoms with Gasteiger partial charge in [0, 0.05) is 19.7 Å². The lowest BCUT2D eigenvalue weighted by Crippen LogP contribution is -2.24. The molecule has 0 radical (unpaired) electrons. The summed E-state index contributed by atoms with van der Waals surface area (Å²) in [4.78, 5) is 1.69. The van der Waals surface area contributed by atoms with Gasteiger partial charge in [-0.15, -0.1) is 4.40 Å². The lowest BCUT2D eigenvalue weighted by Gasteiger charge is -2.15. The second-order valence-electron chi connectivity index (χ2n) is 3.91. The van der Waals surface area contributed by atoms with E-state index in [1.165, 1.54) is 0 Å². The molecule has 4 nitrogen and oxygen atoms in total. The first kappa shape index (κ1) is 12.7. The molecule has 0 saturated heterocycles. The highest BCUT2D eigenvalue weighted by Crippen LogP contribution is 2.07. The highest BCUT2D eigenvalue weighted by atomic mass is 32.2. The van der Waals surface area contributed by atoms with Crippen molar-refractivity contribution in [3.05, 3.63) is 35.4 Å². The van der Waals surface area contributed by atoms with Crippen LogP contribution in [0.5, 0.6) is 0 Å². The third-order valence-electron chi connectivity index (χ3n) is 1.99. The molecule has 1 aromatic rings. The lowest BCUT2D eigenvalue weighted by molar-refractivity contribution is 0.597. The van der Waals surface area contributed by atoms with Crippen LogP contribution in [-0.2, 0) is 10.0 Å². The second kappa shape index (κ2) is 4.65. The Morgan fingerprint density at radius 1 is 1.19 bits per heavy atom. The fourth-order valence-corrected chi connectivity index (χ4v) is 1.84. The maximum Gasteiger partial charge on any atom is 0.252 e. The van der Waals surface area contributed by atoms with Crippen LogP contribution in [0, 0.1) is 6.92 Å². The number of rotatable bonds is 2. The summed E-state index contributed by atoms with van der Waals surface area (Å²) < 4.78 is 26.1. The summed E-state index contributed by atoms with van der Waals surface area (Å²) in [6.45, 7) is 1.98. The molecule has 0 atom stereocenters. The van der Waals surface area contributed by atoms with Crippen LogP contribution in [0.4, 0.5) is 0 Å². The van der Waals surface area contributed by atoms with Crippen LogP contribution in [0.3, 0.4) is 0 Å². The van der Waals surface area contributed by atoms with Gasteiger partial charge in [0.05, 0.1) is 6.26 Å². The van der Waals surface area contributed by atoms with E-state index in [1.807, 2.05) is 31.2 Å². The summed E-state index contributed by atoms with van der Waals surface area (Å²) in [5.41, 5.74) is 1.92. The lowest BCUT2D eigenvalue weighted by atomic mass is 10.1. The fourth-order valence-electron chi connectivity index (χ4n) is 1.25. The zero-order valence-electron chi connectivity index (χ0n) is 9.93. The van der Waals surface area contributed by atoms with Crippen molar-refractivity contribution in [1.29, 1.82) is 0 Å². The molecule has 0 fully saturated rings. The SMILES string of the molecule is Cc1ccc(C(=NS(C)(=O)=O)N(C)C)cc1. The van der Waals surface area contributed by atoms with Crippen LogP contribution in [0.15, 0.2) is 28.7 Å². The zero-order valence-corrected chi connectivity index (χ0v) is 10.7. The van der Waals surface area contributed by atoms with Gasteiger partial charge < -0.3 is 4.90 Å². The van der Waals surface area contributed by atoms with Gasteiger partial charge in [0.25, 0.3) is 10.0 Å². The molecule has 1 aromatic carbocycles. The number of amidine groups is 1. The van der Waals surface area contributed by atoms with Gasteiger partial charge in [-0.05, 0) is 6.92 Å². The van der Waals surface area contributed by atoms with Crippen LogP contribution >= 0.6 is 0 Å². The predicted molar refractivity (Wildman–Crippen MR) is 66.2 cm³/mol. The van der Waals surface area contributed by atoms with Crippen LogP contribution in [0.2, 0.25) is 0 Å². The number of benzene rings is 1. The quantitative estimate of drug-likeness (QED) is 0.577. The molecule has 0 aliphatic heterocycles. The van der Waals surface area contributed by atoms with Gasteiger partial charge in [0.1, 0.15) is 5.84 Å². The average Bonchev–Trinajstić information content (AvgIpc) is 2.14. The summed E-state index contributed by atoms with van der Waals surface area (Å²) in [7, 11) is 0.155. The smallest absolute Gasteiger partial charge is 0.252 e. The topological polar surface area (TPSA) is 49.7 Å². The molecule has 16 heavy (non-hydrogen) atoms. The van der Waals surface area contributed by atoms with Gasteiger partial charge in [0.2, 0.25) is 0 Å². The molecule has 0 aromatic heterocycles. The molecule has 1 rings (SSSR count). The number of hydrogen-bond donors (Lipinski definition) is 0. The molecule has 0 bridgehead atoms. The van der Waals surface area contributed by atoms with Gasteiger partial charge in [-0.3, -0.25) is 0 Å². The Morgan fingerprint density at radius 2 is 1.69 bits per heavy atom. The summed E-state index contributed by atoms with van der Waals surface area (Å²) in [6.07, 6.45) is 1.09. The first-order valence-corrected chi connectivity index (χ1v) is 6.69. The van der Waals surface area contributed by atoms with Crippen LogP contribution in [0.25, 0.3) is 0 Å². The van der Waals surface area contributed by atoms with Gasteiger partial charge >= 0.3 is 0 Å². The van der Waals surface area contributed by atoms with Crippen molar-refractivity contribution in [1.82, 2.24) is 4.90 Å². The minimum absolute atomic E-state index is 0.447. The van der Waals surface area contributed by atoms with E-state index in [-0.39, 0.29) is 0 Å². The molecule has 5 heteroatoms. The minimum atomic E-state index is -3.38. The van der Waals surface area contributed by atoms with E-state index in [1.54, 1.807) is 19.0 Å². The molecule has 0 unspecified atom stereocenters. The summed E-state index contributed by atoms with van der Waals surface area (Å²) in [6, 6.07) is 7.58. The predicted octanol–water partition coefficient (Wildman–Crippen LogP) is 1.26. The van der Waals surface area contributed by atoms with Gasteiger partial charge in [-0.25, -0.2) is 8.42 Å². The number of nitrogens with zero attached hydrogens (tertiary/aromatic N) is 2. The average molecular weight is 240 g/mol. The minimum Gasteiger partial charge on any atom is -0.362 e. The number of hydrogen-bond acceptors (Lipinski definition) is 2. The Bertz CT molecular complexity index is 487. The monoisotopic (exact) mass is 240 g/mol. The molecule has 0 N–H and O–H groups in total. The van der Waals surface area contributed by atoms with Crippen molar-refractivity contribution < 1.29 is 8.42 Å². The van der Waals surface area contributed by atoms with Gasteiger partial charge in [-0.2, -0.15) is 0 Å². The first-order chi connectivity index (χ1) is 7.29. The van der Waals surface area contributed by atoms with E-state index < -0.39 is 10.0 Å². The Balaban J connectivity index is 3.24. The normalized spacial score (nSPS) is 12.6. The van der Waals surface area contributed by atoms with E-state index in [0.717, 1.165) is 17.4 Å². The molecular formula is C11H16N2O2S. The molecule has 0 amide bonds. The van der Waals surface area contributed by atoms with Crippen molar-refractivity contribution in [2.45, 2.75) is 6.92 Å². The molecule has 0 heterocycles. The molecule has 88 valence electrons. The Hall–Kier alpha value is -1.36. The summed E-state index contributed by atoms with van der Waals surface area (Å²) in [5, 5.41) is 0. The van der Waals surface area contributed by atoms with E-state index >= 15 is 0 Å². The fraction of sp³-hybridized carbons (Fsp3) is 0.364. The largest absolute Gasteiger partial charge is 0.362 e. The molecular weight excluding hydrogens is 224 g/mol. The Morgan fingerprint density at radius 3 is 2.06 bits per heavy atom. The third-order valence-corrected chi connectivity index (χ3v) is 2.49. The second-order valence-corrected chi connectivity index (χ2v) is 5.56. The van der Waals surface area contributed by atoms with E-state index in [9.17, 15) is 8.42 Å². The zero-order chi connectivity index (χ0) is 12.3. The number of aryl methyl sites for hydroxylation is 1. The van der Waals surface area contributed by atoms with Crippen molar-refractivity contribution in [2.24, 2.45) is 4.40 Å². The van der Waals surface area contributed by atoms with Crippen LogP contribution < -0.4 is 0 Å². The van der Waals surface area contributed by atoms with E-state index in [0.29, 0.717) is 5.84 Å². The molecule has 0 aliphatic carbocycles. The van der Waals surface area contributed by atoms with Crippen molar-refractivity contribution in [2.75, 3.05) is 20.4 Å². The Kier molecular flexibility index (Phi) is 3.70. The standard InChI is InChI=1S/C11H16N2O2S/c1-9-5-7-10(8-6-9)11(13(2)3)12-16(4,14)15/h5-8H,1-4H3. The van der Waals surface area contributed by atoms with E-state index in [2.05, 4.69) is 4.40 Å². The Labute approximate surface area is 96.7 Å². The van der Waals surface area contributed by atoms with Crippen molar-refractivity contribution in [3.63, 3.8) is 0 Å². The highest BCUT2D eigenvalue weighted by molar-refractivity contribution is 7.89. The maximum absolute atomic E-state index is 11.2. The highest BCUT2D eigenvalue weighted by Gasteiger charge is 2.09. The van der Waals surface area contributed by atoms with Crippen LogP contribution in [0.1, 0.15) is 11.1 Å².